The molecule has 1 aromatic rings. The first-order valence-corrected chi connectivity index (χ1v) is 6.07. The van der Waals surface area contributed by atoms with Gasteiger partial charge in [0, 0.05) is 35.9 Å². The summed E-state index contributed by atoms with van der Waals surface area (Å²) in [5, 5.41) is 0. The van der Waals surface area contributed by atoms with E-state index in [1.807, 2.05) is 43.4 Å². The summed E-state index contributed by atoms with van der Waals surface area (Å²) in [6, 6.07) is 5.87. The highest BCUT2D eigenvalue weighted by atomic mass is 79.9. The van der Waals surface area contributed by atoms with Gasteiger partial charge in [-0.25, -0.2) is 0 Å². The van der Waals surface area contributed by atoms with Crippen molar-refractivity contribution in [2.75, 3.05) is 14.1 Å². The number of benzene rings is 1. The number of ketones is 1. The van der Waals surface area contributed by atoms with E-state index in [-0.39, 0.29) is 5.78 Å². The maximum absolute atomic E-state index is 12.2. The third-order valence-corrected chi connectivity index (χ3v) is 3.17. The van der Waals surface area contributed by atoms with Crippen LogP contribution in [-0.4, -0.2) is 24.8 Å². The first-order chi connectivity index (χ1) is 7.58. The van der Waals surface area contributed by atoms with Gasteiger partial charge < -0.3 is 4.90 Å². The summed E-state index contributed by atoms with van der Waals surface area (Å²) in [6.07, 6.45) is 3.70. The molecule has 0 bridgehead atoms. The van der Waals surface area contributed by atoms with E-state index in [9.17, 15) is 4.79 Å². The SMILES string of the molecule is CN(C)C=C1CCc2cc(Br)ccc2C1=O. The fourth-order valence-electron chi connectivity index (χ4n) is 1.98. The van der Waals surface area contributed by atoms with Crippen LogP contribution in [0.4, 0.5) is 0 Å². The molecule has 2 nitrogen and oxygen atoms in total. The van der Waals surface area contributed by atoms with Gasteiger partial charge in [-0.05, 0) is 36.6 Å². The fraction of sp³-hybridized carbons (Fsp3) is 0.308. The lowest BCUT2D eigenvalue weighted by Gasteiger charge is -2.19. The van der Waals surface area contributed by atoms with E-state index in [4.69, 9.17) is 0 Å². The van der Waals surface area contributed by atoms with Gasteiger partial charge >= 0.3 is 0 Å². The zero-order chi connectivity index (χ0) is 11.7. The molecular weight excluding hydrogens is 266 g/mol. The highest BCUT2D eigenvalue weighted by Crippen LogP contribution is 2.27. The van der Waals surface area contributed by atoms with E-state index in [1.165, 1.54) is 0 Å². The van der Waals surface area contributed by atoms with Gasteiger partial charge in [0.1, 0.15) is 0 Å². The zero-order valence-corrected chi connectivity index (χ0v) is 11.0. The first-order valence-electron chi connectivity index (χ1n) is 5.28. The monoisotopic (exact) mass is 279 g/mol. The van der Waals surface area contributed by atoms with E-state index in [0.717, 1.165) is 34.0 Å². The summed E-state index contributed by atoms with van der Waals surface area (Å²) in [7, 11) is 3.88. The Bertz CT molecular complexity index is 463. The molecule has 0 aromatic heterocycles. The third-order valence-electron chi connectivity index (χ3n) is 2.68. The van der Waals surface area contributed by atoms with Crippen molar-refractivity contribution in [2.45, 2.75) is 12.8 Å². The van der Waals surface area contributed by atoms with E-state index in [0.29, 0.717) is 0 Å². The van der Waals surface area contributed by atoms with Crippen LogP contribution in [0, 0.1) is 0 Å². The molecule has 0 radical (unpaired) electrons. The van der Waals surface area contributed by atoms with E-state index >= 15 is 0 Å². The number of nitrogens with zero attached hydrogens (tertiary/aromatic N) is 1. The summed E-state index contributed by atoms with van der Waals surface area (Å²) in [5.41, 5.74) is 2.90. The Labute approximate surface area is 104 Å². The Morgan fingerprint density at radius 1 is 1.31 bits per heavy atom. The minimum atomic E-state index is 0.169. The third kappa shape index (κ3) is 2.19. The molecule has 84 valence electrons. The largest absolute Gasteiger partial charge is 0.383 e. The normalized spacial score (nSPS) is 17.4. The molecule has 0 spiro atoms. The average molecular weight is 280 g/mol. The minimum absolute atomic E-state index is 0.169. The van der Waals surface area contributed by atoms with Crippen molar-refractivity contribution in [3.63, 3.8) is 0 Å². The van der Waals surface area contributed by atoms with Crippen molar-refractivity contribution < 1.29 is 4.79 Å². The smallest absolute Gasteiger partial charge is 0.190 e. The number of aryl methyl sites for hydroxylation is 1. The molecule has 0 heterocycles. The van der Waals surface area contributed by atoms with Crippen molar-refractivity contribution >= 4 is 21.7 Å². The summed E-state index contributed by atoms with van der Waals surface area (Å²) in [4.78, 5) is 14.1. The molecule has 1 aromatic carbocycles. The summed E-state index contributed by atoms with van der Waals surface area (Å²) in [6.45, 7) is 0. The number of allylic oxidation sites excluding steroid dienone is 1. The quantitative estimate of drug-likeness (QED) is 0.737. The Morgan fingerprint density at radius 2 is 2.06 bits per heavy atom. The van der Waals surface area contributed by atoms with Gasteiger partial charge in [-0.2, -0.15) is 0 Å². The second-order valence-electron chi connectivity index (χ2n) is 4.25. The fourth-order valence-corrected chi connectivity index (χ4v) is 2.39. The lowest BCUT2D eigenvalue weighted by Crippen LogP contribution is -2.16. The van der Waals surface area contributed by atoms with Crippen molar-refractivity contribution in [3.05, 3.63) is 45.6 Å². The van der Waals surface area contributed by atoms with Gasteiger partial charge in [-0.1, -0.05) is 15.9 Å². The van der Waals surface area contributed by atoms with Crippen LogP contribution in [0.15, 0.2) is 34.4 Å². The van der Waals surface area contributed by atoms with Gasteiger partial charge in [-0.15, -0.1) is 0 Å². The van der Waals surface area contributed by atoms with Crippen molar-refractivity contribution in [2.24, 2.45) is 0 Å². The molecule has 2 rings (SSSR count). The number of carbonyl (C=O) groups is 1. The van der Waals surface area contributed by atoms with Gasteiger partial charge in [0.25, 0.3) is 0 Å². The van der Waals surface area contributed by atoms with Crippen LogP contribution in [-0.2, 0) is 6.42 Å². The lowest BCUT2D eigenvalue weighted by atomic mass is 9.87. The second-order valence-corrected chi connectivity index (χ2v) is 5.16. The Morgan fingerprint density at radius 3 is 2.75 bits per heavy atom. The molecule has 16 heavy (non-hydrogen) atoms. The van der Waals surface area contributed by atoms with Gasteiger partial charge in [0.2, 0.25) is 0 Å². The van der Waals surface area contributed by atoms with E-state index in [2.05, 4.69) is 15.9 Å². The van der Waals surface area contributed by atoms with E-state index in [1.54, 1.807) is 0 Å². The van der Waals surface area contributed by atoms with E-state index < -0.39 is 0 Å². The van der Waals surface area contributed by atoms with Crippen LogP contribution in [0.3, 0.4) is 0 Å². The molecular formula is C13H14BrNO. The van der Waals surface area contributed by atoms with Gasteiger partial charge in [0.05, 0.1) is 0 Å². The first kappa shape index (κ1) is 11.4. The number of rotatable bonds is 1. The number of hydrogen-bond donors (Lipinski definition) is 0. The number of fused-ring (bicyclic) bond motifs is 1. The molecule has 0 saturated carbocycles. The van der Waals surface area contributed by atoms with Crippen molar-refractivity contribution in [1.29, 1.82) is 0 Å². The van der Waals surface area contributed by atoms with Crippen LogP contribution >= 0.6 is 15.9 Å². The van der Waals surface area contributed by atoms with Gasteiger partial charge in [-0.3, -0.25) is 4.79 Å². The molecule has 0 amide bonds. The summed E-state index contributed by atoms with van der Waals surface area (Å²) in [5.74, 6) is 0.169. The van der Waals surface area contributed by atoms with Crippen LogP contribution in [0.2, 0.25) is 0 Å². The Balaban J connectivity index is 2.40. The molecule has 1 aliphatic rings. The minimum Gasteiger partial charge on any atom is -0.383 e. The number of hydrogen-bond acceptors (Lipinski definition) is 2. The maximum Gasteiger partial charge on any atom is 0.190 e. The van der Waals surface area contributed by atoms with Crippen LogP contribution < -0.4 is 0 Å². The van der Waals surface area contributed by atoms with Crippen LogP contribution in [0.25, 0.3) is 0 Å². The van der Waals surface area contributed by atoms with Crippen LogP contribution in [0.5, 0.6) is 0 Å². The molecule has 0 unspecified atom stereocenters. The lowest BCUT2D eigenvalue weighted by molar-refractivity contribution is 0.102. The molecule has 0 fully saturated rings. The zero-order valence-electron chi connectivity index (χ0n) is 9.46. The molecule has 0 N–H and O–H groups in total. The molecule has 0 saturated heterocycles. The Kier molecular flexibility index (Phi) is 3.15. The average Bonchev–Trinajstić information content (AvgIpc) is 2.22. The Hall–Kier alpha value is -1.09. The van der Waals surface area contributed by atoms with Crippen molar-refractivity contribution in [1.82, 2.24) is 4.90 Å². The molecule has 1 aliphatic carbocycles. The van der Waals surface area contributed by atoms with Crippen molar-refractivity contribution in [3.8, 4) is 0 Å². The topological polar surface area (TPSA) is 20.3 Å². The standard InChI is InChI=1S/C13H14BrNO/c1-15(2)8-10-4-3-9-7-11(14)5-6-12(9)13(10)16/h5-8H,3-4H2,1-2H3. The highest BCUT2D eigenvalue weighted by molar-refractivity contribution is 9.10. The molecule has 3 heteroatoms. The number of halogens is 1. The second kappa shape index (κ2) is 4.42. The number of carbonyl (C=O) groups excluding carboxylic acids is 1. The van der Waals surface area contributed by atoms with Gasteiger partial charge in [0.15, 0.2) is 5.78 Å². The molecule has 0 aliphatic heterocycles. The summed E-state index contributed by atoms with van der Waals surface area (Å²) >= 11 is 3.43. The predicted molar refractivity (Wildman–Crippen MR) is 68.6 cm³/mol. The highest BCUT2D eigenvalue weighted by Gasteiger charge is 2.21. The van der Waals surface area contributed by atoms with Crippen LogP contribution in [0.1, 0.15) is 22.3 Å². The maximum atomic E-state index is 12.2. The predicted octanol–water partition coefficient (Wildman–Crippen LogP) is 3.02. The summed E-state index contributed by atoms with van der Waals surface area (Å²) < 4.78 is 1.04. The molecule has 0 atom stereocenters. The number of Topliss-reactive ketones (excluding diaryl/α,β-unsaturated/α-hetero) is 1.